The number of benzene rings is 1. The Bertz CT molecular complexity index is 722. The quantitative estimate of drug-likeness (QED) is 0.835. The third kappa shape index (κ3) is 2.97. The van der Waals surface area contributed by atoms with Crippen molar-refractivity contribution >= 4 is 11.0 Å². The second-order valence-corrected chi connectivity index (χ2v) is 8.49. The summed E-state index contributed by atoms with van der Waals surface area (Å²) in [6.45, 7) is 11.1. The van der Waals surface area contributed by atoms with Gasteiger partial charge in [0.05, 0.1) is 17.7 Å². The molecule has 0 bridgehead atoms. The number of hydrogen-bond donors (Lipinski definition) is 0. The smallest absolute Gasteiger partial charge is 0.118 e. The van der Waals surface area contributed by atoms with Crippen LogP contribution in [-0.2, 0) is 10.4 Å². The van der Waals surface area contributed by atoms with E-state index in [4.69, 9.17) is 4.74 Å². The minimum Gasteiger partial charge on any atom is -0.373 e. The molecule has 1 saturated heterocycles. The van der Waals surface area contributed by atoms with Gasteiger partial charge in [-0.2, -0.15) is 0 Å². The minimum absolute atomic E-state index is 0.0977. The molecule has 5 nitrogen and oxygen atoms in total. The lowest BCUT2D eigenvalue weighted by atomic mass is 9.75. The molecule has 25 heavy (non-hydrogen) atoms. The Labute approximate surface area is 150 Å². The van der Waals surface area contributed by atoms with Gasteiger partial charge < -0.3 is 4.74 Å². The van der Waals surface area contributed by atoms with E-state index in [9.17, 15) is 0 Å². The van der Waals surface area contributed by atoms with Crippen LogP contribution >= 0.6 is 0 Å². The van der Waals surface area contributed by atoms with E-state index in [1.165, 1.54) is 6.42 Å². The molecule has 0 amide bonds. The largest absolute Gasteiger partial charge is 0.373 e. The number of ether oxygens (including phenoxy) is 1. The summed E-state index contributed by atoms with van der Waals surface area (Å²) in [5.74, 6) is 1.36. The molecule has 5 heteroatoms. The first-order chi connectivity index (χ1) is 12.0. The Kier molecular flexibility index (Phi) is 4.32. The highest BCUT2D eigenvalue weighted by atomic mass is 16.5. The number of rotatable bonds is 2. The van der Waals surface area contributed by atoms with Gasteiger partial charge in [-0.05, 0) is 57.1 Å². The average Bonchev–Trinajstić information content (AvgIpc) is 2.97. The van der Waals surface area contributed by atoms with Crippen molar-refractivity contribution in [2.24, 2.45) is 11.8 Å². The first-order valence-electron chi connectivity index (χ1n) is 9.69. The molecule has 1 aromatic heterocycles. The SMILES string of the molecule is CC1CC(C)CC(N2CC(C)OC(C)C2)(n2nnc3ccccc32)C1. The van der Waals surface area contributed by atoms with Crippen molar-refractivity contribution in [3.63, 3.8) is 0 Å². The van der Waals surface area contributed by atoms with Crippen molar-refractivity contribution in [1.29, 1.82) is 0 Å². The van der Waals surface area contributed by atoms with Crippen LogP contribution in [0, 0.1) is 11.8 Å². The van der Waals surface area contributed by atoms with Crippen LogP contribution in [0.4, 0.5) is 0 Å². The Morgan fingerprint density at radius 3 is 2.32 bits per heavy atom. The van der Waals surface area contributed by atoms with Crippen molar-refractivity contribution in [3.8, 4) is 0 Å². The number of morpholine rings is 1. The number of aromatic nitrogens is 3. The fraction of sp³-hybridized carbons (Fsp3) is 0.700. The van der Waals surface area contributed by atoms with Gasteiger partial charge in [-0.1, -0.05) is 31.2 Å². The molecular formula is C20H30N4O. The van der Waals surface area contributed by atoms with E-state index in [0.717, 1.165) is 37.0 Å². The van der Waals surface area contributed by atoms with Gasteiger partial charge >= 0.3 is 0 Å². The molecule has 2 fully saturated rings. The normalized spacial score (nSPS) is 37.4. The highest BCUT2D eigenvalue weighted by Crippen LogP contribution is 2.45. The van der Waals surface area contributed by atoms with E-state index < -0.39 is 0 Å². The Morgan fingerprint density at radius 1 is 1.00 bits per heavy atom. The maximum atomic E-state index is 6.02. The van der Waals surface area contributed by atoms with Gasteiger partial charge in [-0.3, -0.25) is 4.90 Å². The molecule has 136 valence electrons. The maximum Gasteiger partial charge on any atom is 0.118 e. The first-order valence-corrected chi connectivity index (χ1v) is 9.69. The minimum atomic E-state index is -0.0977. The van der Waals surface area contributed by atoms with Gasteiger partial charge in [0, 0.05) is 13.1 Å². The van der Waals surface area contributed by atoms with Crippen molar-refractivity contribution < 1.29 is 4.74 Å². The van der Waals surface area contributed by atoms with Crippen LogP contribution in [0.2, 0.25) is 0 Å². The lowest BCUT2D eigenvalue weighted by molar-refractivity contribution is -0.147. The van der Waals surface area contributed by atoms with E-state index in [1.807, 2.05) is 6.07 Å². The maximum absolute atomic E-state index is 6.02. The molecule has 2 heterocycles. The summed E-state index contributed by atoms with van der Waals surface area (Å²) in [6, 6.07) is 8.36. The molecule has 0 spiro atoms. The summed E-state index contributed by atoms with van der Waals surface area (Å²) >= 11 is 0. The molecule has 1 aliphatic heterocycles. The summed E-state index contributed by atoms with van der Waals surface area (Å²) in [7, 11) is 0. The Balaban J connectivity index is 1.84. The van der Waals surface area contributed by atoms with Crippen molar-refractivity contribution in [2.45, 2.75) is 64.8 Å². The molecule has 1 aliphatic carbocycles. The summed E-state index contributed by atoms with van der Waals surface area (Å²) in [5, 5.41) is 9.15. The molecule has 0 radical (unpaired) electrons. The zero-order chi connectivity index (χ0) is 17.6. The molecule has 2 aromatic rings. The zero-order valence-electron chi connectivity index (χ0n) is 15.9. The van der Waals surface area contributed by atoms with E-state index >= 15 is 0 Å². The fourth-order valence-electron chi connectivity index (χ4n) is 5.31. The number of para-hydroxylation sites is 1. The number of fused-ring (bicyclic) bond motifs is 1. The predicted octanol–water partition coefficient (Wildman–Crippen LogP) is 3.65. The molecular weight excluding hydrogens is 312 g/mol. The highest BCUT2D eigenvalue weighted by molar-refractivity contribution is 5.74. The average molecular weight is 342 g/mol. The summed E-state index contributed by atoms with van der Waals surface area (Å²) in [6.07, 6.45) is 4.06. The summed E-state index contributed by atoms with van der Waals surface area (Å²) in [4.78, 5) is 2.64. The number of hydrogen-bond acceptors (Lipinski definition) is 4. The van der Waals surface area contributed by atoms with Gasteiger partial charge in [-0.15, -0.1) is 5.10 Å². The lowest BCUT2D eigenvalue weighted by Crippen LogP contribution is -2.61. The summed E-state index contributed by atoms with van der Waals surface area (Å²) in [5.41, 5.74) is 2.04. The molecule has 1 saturated carbocycles. The molecule has 4 atom stereocenters. The Hall–Kier alpha value is -1.46. The molecule has 2 aliphatic rings. The second kappa shape index (κ2) is 6.36. The van der Waals surface area contributed by atoms with Gasteiger partial charge in [0.25, 0.3) is 0 Å². The van der Waals surface area contributed by atoms with Crippen LogP contribution in [-0.4, -0.2) is 45.2 Å². The lowest BCUT2D eigenvalue weighted by Gasteiger charge is -2.52. The topological polar surface area (TPSA) is 43.2 Å². The van der Waals surface area contributed by atoms with Crippen LogP contribution in [0.25, 0.3) is 11.0 Å². The zero-order valence-corrected chi connectivity index (χ0v) is 15.9. The van der Waals surface area contributed by atoms with Crippen LogP contribution < -0.4 is 0 Å². The standard InChI is InChI=1S/C20H30N4O/c1-14-9-15(2)11-20(10-14,23-12-16(3)25-17(4)13-23)24-19-8-6-5-7-18(19)21-22-24/h5-8,14-17H,9-13H2,1-4H3. The third-order valence-corrected chi connectivity index (χ3v) is 5.91. The second-order valence-electron chi connectivity index (χ2n) is 8.49. The van der Waals surface area contributed by atoms with Crippen LogP contribution in [0.5, 0.6) is 0 Å². The first kappa shape index (κ1) is 17.0. The molecule has 1 aromatic carbocycles. The monoisotopic (exact) mass is 342 g/mol. The number of nitrogens with zero attached hydrogens (tertiary/aromatic N) is 4. The Morgan fingerprint density at radius 2 is 1.64 bits per heavy atom. The van der Waals surface area contributed by atoms with E-state index in [-0.39, 0.29) is 17.9 Å². The fourth-order valence-corrected chi connectivity index (χ4v) is 5.31. The molecule has 0 N–H and O–H groups in total. The van der Waals surface area contributed by atoms with Crippen molar-refractivity contribution in [3.05, 3.63) is 24.3 Å². The van der Waals surface area contributed by atoms with Gasteiger partial charge in [0.1, 0.15) is 11.2 Å². The van der Waals surface area contributed by atoms with E-state index in [1.54, 1.807) is 0 Å². The van der Waals surface area contributed by atoms with Crippen LogP contribution in [0.15, 0.2) is 24.3 Å². The van der Waals surface area contributed by atoms with Crippen molar-refractivity contribution in [1.82, 2.24) is 19.9 Å². The van der Waals surface area contributed by atoms with E-state index in [2.05, 4.69) is 65.8 Å². The van der Waals surface area contributed by atoms with Gasteiger partial charge in [0.2, 0.25) is 0 Å². The third-order valence-electron chi connectivity index (χ3n) is 5.91. The highest BCUT2D eigenvalue weighted by Gasteiger charge is 2.47. The van der Waals surface area contributed by atoms with E-state index in [0.29, 0.717) is 11.8 Å². The van der Waals surface area contributed by atoms with Gasteiger partial charge in [-0.25, -0.2) is 4.68 Å². The molecule has 4 unspecified atom stereocenters. The summed E-state index contributed by atoms with van der Waals surface area (Å²) < 4.78 is 8.26. The van der Waals surface area contributed by atoms with Crippen LogP contribution in [0.3, 0.4) is 0 Å². The van der Waals surface area contributed by atoms with Crippen molar-refractivity contribution in [2.75, 3.05) is 13.1 Å². The van der Waals surface area contributed by atoms with Gasteiger partial charge in [0.15, 0.2) is 0 Å². The van der Waals surface area contributed by atoms with Crippen LogP contribution in [0.1, 0.15) is 47.0 Å². The predicted molar refractivity (Wildman–Crippen MR) is 99.3 cm³/mol. The molecule has 4 rings (SSSR count).